The topological polar surface area (TPSA) is 88.3 Å². The standard InChI is InChI=1S/C24H24N2O4/c1-5-30-24(29)18-16(4)25-21(19(18)17-12-7-6-8-13-17)22(27)23(28)26-20-14(2)10-9-11-15(20)3/h6-13,25H,5H2,1-4H3,(H,26,28). The van der Waals surface area contributed by atoms with E-state index in [2.05, 4.69) is 10.3 Å². The SMILES string of the molecule is CCOC(=O)c1c(C)[nH]c(C(=O)C(=O)Nc2c(C)cccc2C)c1-c1ccccc1. The van der Waals surface area contributed by atoms with Crippen molar-refractivity contribution in [3.63, 3.8) is 0 Å². The molecule has 0 saturated carbocycles. The van der Waals surface area contributed by atoms with Crippen molar-refractivity contribution in [2.24, 2.45) is 0 Å². The number of carbonyl (C=O) groups is 3. The summed E-state index contributed by atoms with van der Waals surface area (Å²) in [7, 11) is 0. The average Bonchev–Trinajstić information content (AvgIpc) is 3.08. The van der Waals surface area contributed by atoms with Gasteiger partial charge in [-0.25, -0.2) is 4.79 Å². The first-order valence-corrected chi connectivity index (χ1v) is 9.72. The summed E-state index contributed by atoms with van der Waals surface area (Å²) in [6, 6.07) is 14.6. The molecule has 0 aliphatic rings. The quantitative estimate of drug-likeness (QED) is 0.357. The lowest BCUT2D eigenvalue weighted by atomic mass is 9.98. The van der Waals surface area contributed by atoms with Gasteiger partial charge in [-0.1, -0.05) is 48.5 Å². The molecule has 154 valence electrons. The molecule has 0 radical (unpaired) electrons. The Kier molecular flexibility index (Phi) is 6.16. The predicted octanol–water partition coefficient (Wildman–Crippen LogP) is 4.61. The van der Waals surface area contributed by atoms with Gasteiger partial charge in [0.2, 0.25) is 0 Å². The van der Waals surface area contributed by atoms with Gasteiger partial charge in [0.15, 0.2) is 0 Å². The maximum absolute atomic E-state index is 13.1. The van der Waals surface area contributed by atoms with Gasteiger partial charge in [-0.3, -0.25) is 9.59 Å². The number of anilines is 1. The minimum Gasteiger partial charge on any atom is -0.462 e. The van der Waals surface area contributed by atoms with Gasteiger partial charge in [-0.15, -0.1) is 0 Å². The molecule has 0 aliphatic heterocycles. The number of ketones is 1. The van der Waals surface area contributed by atoms with Crippen molar-refractivity contribution >= 4 is 23.3 Å². The van der Waals surface area contributed by atoms with Crippen LogP contribution < -0.4 is 5.32 Å². The van der Waals surface area contributed by atoms with E-state index in [-0.39, 0.29) is 17.9 Å². The maximum atomic E-state index is 13.1. The van der Waals surface area contributed by atoms with Gasteiger partial charge in [-0.05, 0) is 44.4 Å². The largest absolute Gasteiger partial charge is 0.462 e. The van der Waals surface area contributed by atoms with Gasteiger partial charge in [0.25, 0.3) is 11.7 Å². The van der Waals surface area contributed by atoms with E-state index in [1.165, 1.54) is 0 Å². The Hall–Kier alpha value is -3.67. The number of carbonyl (C=O) groups excluding carboxylic acids is 3. The van der Waals surface area contributed by atoms with Crippen molar-refractivity contribution in [2.45, 2.75) is 27.7 Å². The minimum absolute atomic E-state index is 0.0606. The summed E-state index contributed by atoms with van der Waals surface area (Å²) >= 11 is 0. The van der Waals surface area contributed by atoms with Crippen LogP contribution in [0.25, 0.3) is 11.1 Å². The molecule has 1 heterocycles. The number of rotatable bonds is 6. The number of aryl methyl sites for hydroxylation is 3. The molecule has 0 spiro atoms. The van der Waals surface area contributed by atoms with E-state index in [4.69, 9.17) is 4.74 Å². The highest BCUT2D eigenvalue weighted by molar-refractivity contribution is 6.47. The van der Waals surface area contributed by atoms with E-state index in [1.54, 1.807) is 38.1 Å². The van der Waals surface area contributed by atoms with Crippen LogP contribution >= 0.6 is 0 Å². The molecule has 0 aliphatic carbocycles. The van der Waals surface area contributed by atoms with E-state index < -0.39 is 17.7 Å². The van der Waals surface area contributed by atoms with E-state index in [9.17, 15) is 14.4 Å². The highest BCUT2D eigenvalue weighted by Gasteiger charge is 2.30. The second kappa shape index (κ2) is 8.78. The number of hydrogen-bond donors (Lipinski definition) is 2. The van der Waals surface area contributed by atoms with Crippen molar-refractivity contribution in [1.29, 1.82) is 0 Å². The average molecular weight is 404 g/mol. The van der Waals surface area contributed by atoms with Gasteiger partial charge >= 0.3 is 5.97 Å². The molecule has 1 amide bonds. The molecule has 0 saturated heterocycles. The van der Waals surface area contributed by atoms with Crippen molar-refractivity contribution in [3.8, 4) is 11.1 Å². The number of Topliss-reactive ketones (excluding diaryl/α,β-unsaturated/α-hetero) is 1. The van der Waals surface area contributed by atoms with Gasteiger partial charge in [0, 0.05) is 16.9 Å². The number of ether oxygens (including phenoxy) is 1. The van der Waals surface area contributed by atoms with Crippen molar-refractivity contribution in [1.82, 2.24) is 4.98 Å². The highest BCUT2D eigenvalue weighted by Crippen LogP contribution is 2.32. The lowest BCUT2D eigenvalue weighted by Gasteiger charge is -2.11. The smallest absolute Gasteiger partial charge is 0.340 e. The normalized spacial score (nSPS) is 10.5. The molecule has 0 atom stereocenters. The zero-order valence-corrected chi connectivity index (χ0v) is 17.5. The fourth-order valence-electron chi connectivity index (χ4n) is 3.44. The molecule has 0 fully saturated rings. The molecule has 30 heavy (non-hydrogen) atoms. The second-order valence-corrected chi connectivity index (χ2v) is 7.01. The third kappa shape index (κ3) is 4.03. The Balaban J connectivity index is 2.07. The minimum atomic E-state index is -0.777. The summed E-state index contributed by atoms with van der Waals surface area (Å²) < 4.78 is 5.18. The van der Waals surface area contributed by atoms with E-state index >= 15 is 0 Å². The Morgan fingerprint density at radius 3 is 2.17 bits per heavy atom. The molecule has 0 bridgehead atoms. The molecule has 1 aromatic heterocycles. The maximum Gasteiger partial charge on any atom is 0.340 e. The zero-order chi connectivity index (χ0) is 21.8. The summed E-state index contributed by atoms with van der Waals surface area (Å²) in [5.41, 5.74) is 4.11. The first kappa shape index (κ1) is 21.0. The fourth-order valence-corrected chi connectivity index (χ4v) is 3.44. The molecule has 3 rings (SSSR count). The van der Waals surface area contributed by atoms with Crippen LogP contribution in [0.2, 0.25) is 0 Å². The highest BCUT2D eigenvalue weighted by atomic mass is 16.5. The van der Waals surface area contributed by atoms with Crippen LogP contribution in [0.1, 0.15) is 44.6 Å². The Bertz CT molecular complexity index is 1090. The van der Waals surface area contributed by atoms with Crippen LogP contribution in [0.5, 0.6) is 0 Å². The molecular formula is C24H24N2O4. The fraction of sp³-hybridized carbons (Fsp3) is 0.208. The lowest BCUT2D eigenvalue weighted by Crippen LogP contribution is -2.24. The molecule has 3 aromatic rings. The van der Waals surface area contributed by atoms with Crippen LogP contribution in [0, 0.1) is 20.8 Å². The summed E-state index contributed by atoms with van der Waals surface area (Å²) in [6.07, 6.45) is 0. The summed E-state index contributed by atoms with van der Waals surface area (Å²) in [6.45, 7) is 7.32. The summed E-state index contributed by atoms with van der Waals surface area (Å²) in [5.74, 6) is -2.07. The lowest BCUT2D eigenvalue weighted by molar-refractivity contribution is -0.112. The van der Waals surface area contributed by atoms with Crippen LogP contribution in [0.4, 0.5) is 5.69 Å². The molecule has 6 heteroatoms. The molecule has 2 aromatic carbocycles. The van der Waals surface area contributed by atoms with E-state index in [0.717, 1.165) is 11.1 Å². The number of aromatic amines is 1. The molecule has 0 unspecified atom stereocenters. The van der Waals surface area contributed by atoms with Crippen molar-refractivity contribution in [2.75, 3.05) is 11.9 Å². The molecular weight excluding hydrogens is 380 g/mol. The first-order chi connectivity index (χ1) is 14.3. The number of benzene rings is 2. The Morgan fingerprint density at radius 1 is 0.933 bits per heavy atom. The Morgan fingerprint density at radius 2 is 1.57 bits per heavy atom. The number of para-hydroxylation sites is 1. The molecule has 2 N–H and O–H groups in total. The van der Waals surface area contributed by atoms with Crippen LogP contribution in [-0.2, 0) is 9.53 Å². The number of amides is 1. The van der Waals surface area contributed by atoms with E-state index in [1.807, 2.05) is 38.1 Å². The number of hydrogen-bond acceptors (Lipinski definition) is 4. The van der Waals surface area contributed by atoms with Gasteiger partial charge < -0.3 is 15.0 Å². The second-order valence-electron chi connectivity index (χ2n) is 7.01. The summed E-state index contributed by atoms with van der Waals surface area (Å²) in [5, 5.41) is 2.71. The number of H-pyrrole nitrogens is 1. The van der Waals surface area contributed by atoms with E-state index in [0.29, 0.717) is 22.5 Å². The van der Waals surface area contributed by atoms with Gasteiger partial charge in [-0.2, -0.15) is 0 Å². The third-order valence-corrected chi connectivity index (χ3v) is 4.88. The van der Waals surface area contributed by atoms with Crippen molar-refractivity contribution < 1.29 is 19.1 Å². The van der Waals surface area contributed by atoms with Crippen LogP contribution in [0.15, 0.2) is 48.5 Å². The third-order valence-electron chi connectivity index (χ3n) is 4.88. The van der Waals surface area contributed by atoms with Gasteiger partial charge in [0.05, 0.1) is 12.2 Å². The predicted molar refractivity (Wildman–Crippen MR) is 116 cm³/mol. The number of nitrogens with one attached hydrogen (secondary N) is 2. The van der Waals surface area contributed by atoms with Crippen LogP contribution in [0.3, 0.4) is 0 Å². The first-order valence-electron chi connectivity index (χ1n) is 9.72. The molecule has 6 nitrogen and oxygen atoms in total. The number of esters is 1. The van der Waals surface area contributed by atoms with Gasteiger partial charge in [0.1, 0.15) is 5.69 Å². The van der Waals surface area contributed by atoms with Crippen LogP contribution in [-0.4, -0.2) is 29.3 Å². The monoisotopic (exact) mass is 404 g/mol. The Labute approximate surface area is 175 Å². The summed E-state index contributed by atoms with van der Waals surface area (Å²) in [4.78, 5) is 41.5. The number of aromatic nitrogens is 1. The zero-order valence-electron chi connectivity index (χ0n) is 17.5. The van der Waals surface area contributed by atoms with Crippen molar-refractivity contribution in [3.05, 3.63) is 76.6 Å².